The molecule has 0 bridgehead atoms. The van der Waals surface area contributed by atoms with Crippen molar-refractivity contribution in [1.29, 1.82) is 0 Å². The van der Waals surface area contributed by atoms with Crippen LogP contribution < -0.4 is 0 Å². The molecule has 0 fully saturated rings. The standard InChI is InChI=1S/C26H25.2ClH.Zr/c1-18(2)15-20-16-22-13-14-24(21-10-5-4-6-11-21)26(25(22)17-20)23-12-8-7-9-19(23)3;;;/h4-14,16-18H,15H2,1-3H3;2*1H;/q-1;;;+2/p-2. The van der Waals surface area contributed by atoms with Gasteiger partial charge in [0.25, 0.3) is 0 Å². The van der Waals surface area contributed by atoms with Gasteiger partial charge < -0.3 is 0 Å². The van der Waals surface area contributed by atoms with Crippen LogP contribution in [0.2, 0.25) is 0 Å². The molecule has 148 valence electrons. The number of hydrogen-bond donors (Lipinski definition) is 0. The molecule has 0 N–H and O–H groups in total. The van der Waals surface area contributed by atoms with Crippen LogP contribution in [0.5, 0.6) is 0 Å². The Bertz CT molecular complexity index is 1060. The molecule has 29 heavy (non-hydrogen) atoms. The van der Waals surface area contributed by atoms with Crippen molar-refractivity contribution in [2.24, 2.45) is 5.92 Å². The van der Waals surface area contributed by atoms with Gasteiger partial charge in [0.2, 0.25) is 0 Å². The monoisotopic (exact) mass is 497 g/mol. The van der Waals surface area contributed by atoms with E-state index >= 15 is 0 Å². The first-order chi connectivity index (χ1) is 14.0. The van der Waals surface area contributed by atoms with Crippen molar-refractivity contribution in [3.8, 4) is 22.3 Å². The van der Waals surface area contributed by atoms with Gasteiger partial charge >= 0.3 is 37.9 Å². The van der Waals surface area contributed by atoms with Crippen molar-refractivity contribution in [1.82, 2.24) is 0 Å². The summed E-state index contributed by atoms with van der Waals surface area (Å²) in [7, 11) is 9.87. The Morgan fingerprint density at radius 2 is 1.52 bits per heavy atom. The Balaban J connectivity index is 0.000000755. The average Bonchev–Trinajstić information content (AvgIpc) is 3.11. The van der Waals surface area contributed by atoms with E-state index in [4.69, 9.17) is 17.0 Å². The van der Waals surface area contributed by atoms with Gasteiger partial charge in [-0.05, 0) is 41.5 Å². The van der Waals surface area contributed by atoms with Crippen molar-refractivity contribution in [3.63, 3.8) is 0 Å². The third-order valence-electron chi connectivity index (χ3n) is 5.09. The van der Waals surface area contributed by atoms with Crippen molar-refractivity contribution >= 4 is 27.8 Å². The van der Waals surface area contributed by atoms with E-state index in [9.17, 15) is 0 Å². The van der Waals surface area contributed by atoms with Crippen LogP contribution >= 0.6 is 17.0 Å². The molecule has 0 saturated carbocycles. The summed E-state index contributed by atoms with van der Waals surface area (Å²) >= 11 is -0.826. The van der Waals surface area contributed by atoms with Gasteiger partial charge in [-0.2, -0.15) is 6.07 Å². The van der Waals surface area contributed by atoms with Crippen LogP contribution in [0.4, 0.5) is 0 Å². The quantitative estimate of drug-likeness (QED) is 0.246. The molecule has 0 aliphatic carbocycles. The van der Waals surface area contributed by atoms with Crippen LogP contribution in [0.3, 0.4) is 0 Å². The third kappa shape index (κ3) is 5.46. The molecule has 0 heterocycles. The second kappa shape index (κ2) is 10.7. The number of halogens is 2. The van der Waals surface area contributed by atoms with Crippen molar-refractivity contribution in [2.45, 2.75) is 27.2 Å². The molecule has 0 amide bonds. The van der Waals surface area contributed by atoms with Gasteiger partial charge in [0, 0.05) is 0 Å². The van der Waals surface area contributed by atoms with Gasteiger partial charge in [-0.1, -0.05) is 80.1 Å². The minimum atomic E-state index is -0.826. The summed E-state index contributed by atoms with van der Waals surface area (Å²) in [6.07, 6.45) is 1.13. The molecular formula is C26H25Cl2Zr-. The summed E-state index contributed by atoms with van der Waals surface area (Å²) in [6, 6.07) is 28.8. The molecule has 0 nitrogen and oxygen atoms in total. The fraction of sp³-hybridized carbons (Fsp3) is 0.192. The molecular weight excluding hydrogens is 474 g/mol. The minimum absolute atomic E-state index is 0.669. The summed E-state index contributed by atoms with van der Waals surface area (Å²) in [5, 5.41) is 2.72. The van der Waals surface area contributed by atoms with E-state index in [1.807, 2.05) is 0 Å². The maximum absolute atomic E-state index is 4.93. The molecule has 0 radical (unpaired) electrons. The van der Waals surface area contributed by atoms with Gasteiger partial charge in [-0.15, -0.1) is 28.5 Å². The van der Waals surface area contributed by atoms with E-state index in [2.05, 4.69) is 99.6 Å². The second-order valence-corrected chi connectivity index (χ2v) is 11.4. The van der Waals surface area contributed by atoms with Crippen molar-refractivity contribution in [3.05, 3.63) is 90.0 Å². The Kier molecular flexibility index (Phi) is 8.25. The van der Waals surface area contributed by atoms with E-state index < -0.39 is 20.8 Å². The van der Waals surface area contributed by atoms with Gasteiger partial charge in [0.15, 0.2) is 0 Å². The second-order valence-electron chi connectivity index (χ2n) is 7.70. The van der Waals surface area contributed by atoms with Crippen LogP contribution in [0.1, 0.15) is 25.0 Å². The van der Waals surface area contributed by atoms with Crippen LogP contribution in [0, 0.1) is 12.8 Å². The molecule has 0 aromatic heterocycles. The van der Waals surface area contributed by atoms with Crippen LogP contribution in [-0.2, 0) is 27.3 Å². The molecule has 0 saturated heterocycles. The summed E-state index contributed by atoms with van der Waals surface area (Å²) in [5.74, 6) is 0.669. The van der Waals surface area contributed by atoms with Gasteiger partial charge in [0.1, 0.15) is 0 Å². The Morgan fingerprint density at radius 1 is 0.862 bits per heavy atom. The Labute approximate surface area is 192 Å². The van der Waals surface area contributed by atoms with Gasteiger partial charge in [-0.3, -0.25) is 0 Å². The third-order valence-corrected chi connectivity index (χ3v) is 5.09. The first-order valence-electron chi connectivity index (χ1n) is 9.85. The summed E-state index contributed by atoms with van der Waals surface area (Å²) < 4.78 is 0. The predicted octanol–water partition coefficient (Wildman–Crippen LogP) is 8.78. The molecule has 4 rings (SSSR count). The number of aryl methyl sites for hydroxylation is 1. The first-order valence-corrected chi connectivity index (χ1v) is 16.2. The van der Waals surface area contributed by atoms with E-state index in [0.29, 0.717) is 5.92 Å². The van der Waals surface area contributed by atoms with Crippen LogP contribution in [0.15, 0.2) is 78.9 Å². The summed E-state index contributed by atoms with van der Waals surface area (Å²) in [4.78, 5) is 0. The van der Waals surface area contributed by atoms with E-state index in [1.54, 1.807) is 0 Å². The number of rotatable bonds is 4. The first kappa shape index (κ1) is 22.4. The Hall–Kier alpha value is -1.27. The zero-order valence-corrected chi connectivity index (χ0v) is 21.0. The maximum atomic E-state index is 4.93. The van der Waals surface area contributed by atoms with E-state index in [1.165, 1.54) is 44.2 Å². The molecule has 0 atom stereocenters. The predicted molar refractivity (Wildman–Crippen MR) is 125 cm³/mol. The topological polar surface area (TPSA) is 0 Å². The summed E-state index contributed by atoms with van der Waals surface area (Å²) in [6.45, 7) is 6.78. The SMILES string of the molecule is Cc1ccccc1-c1c(-c2ccccc2)ccc2[cH-]c(CC(C)C)cc12.[Cl][Zr][Cl]. The normalized spacial score (nSPS) is 10.7. The Morgan fingerprint density at radius 3 is 2.17 bits per heavy atom. The zero-order valence-electron chi connectivity index (χ0n) is 17.0. The number of hydrogen-bond acceptors (Lipinski definition) is 0. The molecule has 0 aliphatic heterocycles. The number of benzene rings is 3. The average molecular weight is 500 g/mol. The van der Waals surface area contributed by atoms with E-state index in [-0.39, 0.29) is 0 Å². The molecule has 0 spiro atoms. The molecule has 4 aromatic carbocycles. The summed E-state index contributed by atoms with van der Waals surface area (Å²) in [5.41, 5.74) is 8.05. The van der Waals surface area contributed by atoms with Gasteiger partial charge in [0.05, 0.1) is 0 Å². The number of fused-ring (bicyclic) bond motifs is 1. The van der Waals surface area contributed by atoms with Crippen LogP contribution in [-0.4, -0.2) is 0 Å². The molecule has 0 unspecified atom stereocenters. The molecule has 4 aromatic rings. The zero-order chi connectivity index (χ0) is 20.8. The fourth-order valence-corrected chi connectivity index (χ4v) is 3.93. The molecule has 0 aliphatic rings. The van der Waals surface area contributed by atoms with Crippen molar-refractivity contribution < 1.29 is 20.8 Å². The fourth-order valence-electron chi connectivity index (χ4n) is 3.93. The van der Waals surface area contributed by atoms with Crippen molar-refractivity contribution in [2.75, 3.05) is 0 Å². The molecule has 3 heteroatoms. The van der Waals surface area contributed by atoms with Gasteiger partial charge in [-0.25, -0.2) is 0 Å². The van der Waals surface area contributed by atoms with E-state index in [0.717, 1.165) is 6.42 Å². The van der Waals surface area contributed by atoms with Crippen LogP contribution in [0.25, 0.3) is 33.0 Å².